The quantitative estimate of drug-likeness (QED) is 0.296. The van der Waals surface area contributed by atoms with Gasteiger partial charge in [0.05, 0.1) is 23.7 Å². The molecule has 1 atom stereocenters. The van der Waals surface area contributed by atoms with Crippen molar-refractivity contribution in [1.29, 1.82) is 0 Å². The van der Waals surface area contributed by atoms with E-state index < -0.39 is 11.7 Å². The molecule has 8 heteroatoms. The van der Waals surface area contributed by atoms with E-state index in [2.05, 4.69) is 11.1 Å². The number of oxazole rings is 1. The van der Waals surface area contributed by atoms with Crippen LogP contribution in [0.2, 0.25) is 5.02 Å². The van der Waals surface area contributed by atoms with Crippen LogP contribution in [0.25, 0.3) is 11.5 Å². The van der Waals surface area contributed by atoms with Crippen LogP contribution >= 0.6 is 11.6 Å². The molecule has 184 valence electrons. The molecule has 3 aromatic carbocycles. The van der Waals surface area contributed by atoms with Crippen LogP contribution in [0.3, 0.4) is 0 Å². The number of amides is 1. The van der Waals surface area contributed by atoms with Crippen LogP contribution in [0.5, 0.6) is 0 Å². The Morgan fingerprint density at radius 3 is 2.44 bits per heavy atom. The third-order valence-corrected chi connectivity index (χ3v) is 6.71. The molecule has 0 radical (unpaired) electrons. The minimum Gasteiger partial charge on any atom is -0.441 e. The van der Waals surface area contributed by atoms with Crippen molar-refractivity contribution in [2.24, 2.45) is 0 Å². The van der Waals surface area contributed by atoms with E-state index in [1.165, 1.54) is 17.7 Å². The smallest absolute Gasteiger partial charge is 0.416 e. The molecule has 0 N–H and O–H groups in total. The van der Waals surface area contributed by atoms with Gasteiger partial charge < -0.3 is 9.32 Å². The molecule has 1 amide bonds. The van der Waals surface area contributed by atoms with Gasteiger partial charge in [-0.2, -0.15) is 13.2 Å². The summed E-state index contributed by atoms with van der Waals surface area (Å²) in [6.07, 6.45) is -3.67. The molecule has 0 fully saturated rings. The molecular weight excluding hydrogens is 489 g/mol. The van der Waals surface area contributed by atoms with E-state index in [0.717, 1.165) is 29.7 Å². The normalized spacial score (nSPS) is 15.6. The third kappa shape index (κ3) is 4.75. The van der Waals surface area contributed by atoms with Gasteiger partial charge >= 0.3 is 6.18 Å². The SMILES string of the molecule is Cc1oc(-c2ccc(C(F)(F)F)cc2)nc1CC(=O)N1CCc2ccccc2[C@@H]1c1ccc(Cl)cc1. The number of carbonyl (C=O) groups is 1. The number of benzene rings is 3. The summed E-state index contributed by atoms with van der Waals surface area (Å²) in [4.78, 5) is 19.9. The molecule has 2 heterocycles. The van der Waals surface area contributed by atoms with Gasteiger partial charge in [-0.3, -0.25) is 4.79 Å². The number of aryl methyl sites for hydroxylation is 1. The molecular formula is C28H22ClF3N2O2. The lowest BCUT2D eigenvalue weighted by atomic mass is 9.88. The van der Waals surface area contributed by atoms with Crippen molar-refractivity contribution in [2.45, 2.75) is 32.0 Å². The Kier molecular flexibility index (Phi) is 6.35. The Labute approximate surface area is 211 Å². The lowest BCUT2D eigenvalue weighted by Crippen LogP contribution is -2.41. The van der Waals surface area contributed by atoms with Crippen LogP contribution in [-0.2, 0) is 23.8 Å². The largest absolute Gasteiger partial charge is 0.441 e. The van der Waals surface area contributed by atoms with Gasteiger partial charge in [0.1, 0.15) is 5.76 Å². The van der Waals surface area contributed by atoms with E-state index in [1.807, 2.05) is 47.4 Å². The molecule has 0 aliphatic carbocycles. The fraction of sp³-hybridized carbons (Fsp3) is 0.214. The van der Waals surface area contributed by atoms with Gasteiger partial charge in [-0.05, 0) is 66.4 Å². The van der Waals surface area contributed by atoms with Crippen molar-refractivity contribution in [1.82, 2.24) is 9.88 Å². The number of aromatic nitrogens is 1. The predicted molar refractivity (Wildman–Crippen MR) is 131 cm³/mol. The number of fused-ring (bicyclic) bond motifs is 1. The van der Waals surface area contributed by atoms with E-state index in [4.69, 9.17) is 16.0 Å². The maximum absolute atomic E-state index is 13.6. The highest BCUT2D eigenvalue weighted by Crippen LogP contribution is 2.36. The van der Waals surface area contributed by atoms with E-state index >= 15 is 0 Å². The van der Waals surface area contributed by atoms with Gasteiger partial charge in [-0.1, -0.05) is 48.0 Å². The molecule has 4 nitrogen and oxygen atoms in total. The zero-order chi connectivity index (χ0) is 25.4. The van der Waals surface area contributed by atoms with Crippen LogP contribution in [0.15, 0.2) is 77.2 Å². The number of alkyl halides is 3. The van der Waals surface area contributed by atoms with Gasteiger partial charge in [-0.25, -0.2) is 4.98 Å². The Hall–Kier alpha value is -3.58. The molecule has 5 rings (SSSR count). The first kappa shape index (κ1) is 24.1. The molecule has 1 aromatic heterocycles. The average molecular weight is 511 g/mol. The highest BCUT2D eigenvalue weighted by molar-refractivity contribution is 6.30. The number of carbonyl (C=O) groups excluding carboxylic acids is 1. The van der Waals surface area contributed by atoms with Crippen molar-refractivity contribution in [2.75, 3.05) is 6.54 Å². The first-order chi connectivity index (χ1) is 17.2. The first-order valence-electron chi connectivity index (χ1n) is 11.5. The highest BCUT2D eigenvalue weighted by Gasteiger charge is 2.33. The Balaban J connectivity index is 1.42. The number of rotatable bonds is 4. The number of hydrogen-bond acceptors (Lipinski definition) is 3. The van der Waals surface area contributed by atoms with Gasteiger partial charge in [-0.15, -0.1) is 0 Å². The van der Waals surface area contributed by atoms with Crippen molar-refractivity contribution in [3.05, 3.63) is 112 Å². The second-order valence-corrected chi connectivity index (χ2v) is 9.20. The molecule has 1 aliphatic rings. The summed E-state index contributed by atoms with van der Waals surface area (Å²) < 4.78 is 44.4. The van der Waals surface area contributed by atoms with Gasteiger partial charge in [0.25, 0.3) is 0 Å². The van der Waals surface area contributed by atoms with Crippen LogP contribution in [0.4, 0.5) is 13.2 Å². The van der Waals surface area contributed by atoms with Crippen LogP contribution in [0.1, 0.15) is 39.7 Å². The zero-order valence-electron chi connectivity index (χ0n) is 19.3. The van der Waals surface area contributed by atoms with Crippen molar-refractivity contribution in [3.63, 3.8) is 0 Å². The lowest BCUT2D eigenvalue weighted by Gasteiger charge is -2.38. The number of halogens is 4. The molecule has 0 saturated heterocycles. The summed E-state index contributed by atoms with van der Waals surface area (Å²) in [5.41, 5.74) is 3.36. The average Bonchev–Trinajstić information content (AvgIpc) is 3.23. The van der Waals surface area contributed by atoms with E-state index in [0.29, 0.717) is 28.6 Å². The van der Waals surface area contributed by atoms with Crippen molar-refractivity contribution < 1.29 is 22.4 Å². The molecule has 0 spiro atoms. The fourth-order valence-electron chi connectivity index (χ4n) is 4.60. The fourth-order valence-corrected chi connectivity index (χ4v) is 4.73. The monoisotopic (exact) mass is 510 g/mol. The molecule has 1 aliphatic heterocycles. The Morgan fingerprint density at radius 2 is 1.75 bits per heavy atom. The summed E-state index contributed by atoms with van der Waals surface area (Å²) in [6, 6.07) is 19.9. The summed E-state index contributed by atoms with van der Waals surface area (Å²) in [5, 5.41) is 0.620. The summed E-state index contributed by atoms with van der Waals surface area (Å²) in [7, 11) is 0. The maximum atomic E-state index is 13.6. The Bertz CT molecular complexity index is 1400. The van der Waals surface area contributed by atoms with Gasteiger partial charge in [0, 0.05) is 17.1 Å². The van der Waals surface area contributed by atoms with E-state index in [1.54, 1.807) is 6.92 Å². The highest BCUT2D eigenvalue weighted by atomic mass is 35.5. The second-order valence-electron chi connectivity index (χ2n) is 8.76. The molecule has 0 unspecified atom stereocenters. The molecule has 0 saturated carbocycles. The van der Waals surface area contributed by atoms with Gasteiger partial charge in [0.15, 0.2) is 0 Å². The maximum Gasteiger partial charge on any atom is 0.416 e. The van der Waals surface area contributed by atoms with E-state index in [9.17, 15) is 18.0 Å². The van der Waals surface area contributed by atoms with E-state index in [-0.39, 0.29) is 24.3 Å². The van der Waals surface area contributed by atoms with Crippen LogP contribution in [0, 0.1) is 6.92 Å². The molecule has 36 heavy (non-hydrogen) atoms. The molecule has 0 bridgehead atoms. The number of hydrogen-bond donors (Lipinski definition) is 0. The van der Waals surface area contributed by atoms with Crippen molar-refractivity contribution >= 4 is 17.5 Å². The molecule has 4 aromatic rings. The van der Waals surface area contributed by atoms with Gasteiger partial charge in [0.2, 0.25) is 11.8 Å². The topological polar surface area (TPSA) is 46.3 Å². The third-order valence-electron chi connectivity index (χ3n) is 6.46. The summed E-state index contributed by atoms with van der Waals surface area (Å²) >= 11 is 6.10. The van der Waals surface area contributed by atoms with Crippen LogP contribution in [-0.4, -0.2) is 22.3 Å². The predicted octanol–water partition coefficient (Wildman–Crippen LogP) is 7.04. The van der Waals surface area contributed by atoms with Crippen LogP contribution < -0.4 is 0 Å². The minimum atomic E-state index is -4.42. The van der Waals surface area contributed by atoms with Crippen molar-refractivity contribution in [3.8, 4) is 11.5 Å². The first-order valence-corrected chi connectivity index (χ1v) is 11.8. The number of nitrogens with zero attached hydrogens (tertiary/aromatic N) is 2. The summed E-state index contributed by atoms with van der Waals surface area (Å²) in [6.45, 7) is 2.25. The summed E-state index contributed by atoms with van der Waals surface area (Å²) in [5.74, 6) is 0.529. The zero-order valence-corrected chi connectivity index (χ0v) is 20.1. The Morgan fingerprint density at radius 1 is 1.06 bits per heavy atom. The minimum absolute atomic E-state index is 0.0161. The standard InChI is InChI=1S/C28H22ClF3N2O2/c1-17-24(33-27(36-17)20-6-10-21(11-7-20)28(30,31)32)16-25(35)34-15-14-18-4-2-3-5-23(18)26(34)19-8-12-22(29)13-9-19/h2-13,26H,14-16H2,1H3/t26-/m0/s1. The lowest BCUT2D eigenvalue weighted by molar-refractivity contribution is -0.137. The second kappa shape index (κ2) is 9.47.